The molecule has 21 heavy (non-hydrogen) atoms. The summed E-state index contributed by atoms with van der Waals surface area (Å²) < 4.78 is 27.8. The number of sulfonamides is 1. The number of rotatable bonds is 5. The Balaban J connectivity index is 2.18. The largest absolute Gasteiger partial charge is 0.313 e. The van der Waals surface area contributed by atoms with E-state index >= 15 is 0 Å². The molecule has 4 nitrogen and oxygen atoms in total. The molecule has 118 valence electrons. The van der Waals surface area contributed by atoms with Crippen LogP contribution in [0.3, 0.4) is 0 Å². The van der Waals surface area contributed by atoms with Crippen molar-refractivity contribution in [2.75, 3.05) is 7.05 Å². The van der Waals surface area contributed by atoms with Gasteiger partial charge in [0.2, 0.25) is 10.0 Å². The summed E-state index contributed by atoms with van der Waals surface area (Å²) in [5.74, 6) is 0. The zero-order valence-corrected chi connectivity index (χ0v) is 14.5. The Kier molecular flexibility index (Phi) is 3.98. The minimum atomic E-state index is -3.46. The molecule has 2 N–H and O–H groups in total. The first kappa shape index (κ1) is 16.5. The van der Waals surface area contributed by atoms with Crippen LogP contribution in [0.2, 0.25) is 0 Å². The summed E-state index contributed by atoms with van der Waals surface area (Å²) in [6.07, 6.45) is 0. The Bertz CT molecular complexity index is 604. The zero-order valence-electron chi connectivity index (χ0n) is 13.7. The zero-order chi connectivity index (χ0) is 16.1. The lowest BCUT2D eigenvalue weighted by atomic mass is 10.0. The standard InChI is InChI=1S/C16H26N2O2S/c1-11(17-6)12-7-9-13(10-8-12)21(19,20)18-14-15(2,3)16(14,4)5/h7-11,14,17-18H,1-6H3. The van der Waals surface area contributed by atoms with Crippen LogP contribution in [0, 0.1) is 10.8 Å². The molecule has 1 aromatic rings. The van der Waals surface area contributed by atoms with Crippen LogP contribution in [0.4, 0.5) is 0 Å². The Morgan fingerprint density at radius 1 is 1.05 bits per heavy atom. The maximum absolute atomic E-state index is 12.5. The molecule has 0 amide bonds. The molecule has 1 saturated carbocycles. The number of nitrogens with one attached hydrogen (secondary N) is 2. The number of hydrogen-bond donors (Lipinski definition) is 2. The van der Waals surface area contributed by atoms with Gasteiger partial charge in [0.25, 0.3) is 0 Å². The maximum Gasteiger partial charge on any atom is 0.240 e. The molecule has 1 fully saturated rings. The Hall–Kier alpha value is -0.910. The molecule has 0 spiro atoms. The van der Waals surface area contributed by atoms with Crippen LogP contribution < -0.4 is 10.0 Å². The second-order valence-electron chi connectivity index (χ2n) is 7.08. The van der Waals surface area contributed by atoms with Gasteiger partial charge in [-0.3, -0.25) is 0 Å². The minimum absolute atomic E-state index is 0.0132. The minimum Gasteiger partial charge on any atom is -0.313 e. The third-order valence-electron chi connectivity index (χ3n) is 5.42. The van der Waals surface area contributed by atoms with Crippen molar-refractivity contribution in [2.45, 2.75) is 51.6 Å². The quantitative estimate of drug-likeness (QED) is 0.879. The summed E-state index contributed by atoms with van der Waals surface area (Å²) in [6, 6.07) is 7.25. The average molecular weight is 310 g/mol. The first-order valence-electron chi connectivity index (χ1n) is 7.33. The molecule has 2 rings (SSSR count). The van der Waals surface area contributed by atoms with E-state index in [1.165, 1.54) is 0 Å². The molecule has 0 radical (unpaired) electrons. The number of benzene rings is 1. The summed E-state index contributed by atoms with van der Waals surface area (Å²) in [5.41, 5.74) is 1.05. The van der Waals surface area contributed by atoms with Crippen molar-refractivity contribution >= 4 is 10.0 Å². The van der Waals surface area contributed by atoms with E-state index in [1.54, 1.807) is 12.1 Å². The average Bonchev–Trinajstić information content (AvgIpc) is 2.80. The molecule has 5 heteroatoms. The first-order valence-corrected chi connectivity index (χ1v) is 8.82. The molecular weight excluding hydrogens is 284 g/mol. The first-order chi connectivity index (χ1) is 9.54. The smallest absolute Gasteiger partial charge is 0.240 e. The van der Waals surface area contributed by atoms with Gasteiger partial charge in [0.15, 0.2) is 0 Å². The topological polar surface area (TPSA) is 58.2 Å². The van der Waals surface area contributed by atoms with Crippen LogP contribution in [-0.4, -0.2) is 21.5 Å². The summed E-state index contributed by atoms with van der Waals surface area (Å²) in [4.78, 5) is 0.327. The van der Waals surface area contributed by atoms with Crippen LogP contribution in [0.15, 0.2) is 29.2 Å². The van der Waals surface area contributed by atoms with Crippen molar-refractivity contribution in [1.82, 2.24) is 10.0 Å². The van der Waals surface area contributed by atoms with E-state index in [1.807, 2.05) is 26.1 Å². The fourth-order valence-electron chi connectivity index (χ4n) is 2.82. The molecule has 0 bridgehead atoms. The van der Waals surface area contributed by atoms with Gasteiger partial charge < -0.3 is 5.32 Å². The predicted octanol–water partition coefficient (Wildman–Crippen LogP) is 2.68. The molecule has 0 saturated heterocycles. The van der Waals surface area contributed by atoms with Gasteiger partial charge in [0.1, 0.15) is 0 Å². The lowest BCUT2D eigenvalue weighted by Gasteiger charge is -2.12. The van der Waals surface area contributed by atoms with Gasteiger partial charge in [-0.15, -0.1) is 0 Å². The molecular formula is C16H26N2O2S. The van der Waals surface area contributed by atoms with Gasteiger partial charge in [-0.2, -0.15) is 0 Å². The van der Waals surface area contributed by atoms with E-state index in [9.17, 15) is 8.42 Å². The highest BCUT2D eigenvalue weighted by Gasteiger charge is 2.65. The Morgan fingerprint density at radius 2 is 1.52 bits per heavy atom. The van der Waals surface area contributed by atoms with Gasteiger partial charge in [0, 0.05) is 12.1 Å². The summed E-state index contributed by atoms with van der Waals surface area (Å²) in [5, 5.41) is 3.14. The van der Waals surface area contributed by atoms with Crippen molar-refractivity contribution in [3.63, 3.8) is 0 Å². The van der Waals surface area contributed by atoms with Crippen LogP contribution in [0.1, 0.15) is 46.2 Å². The second-order valence-corrected chi connectivity index (χ2v) is 8.79. The van der Waals surface area contributed by atoms with Gasteiger partial charge in [0.05, 0.1) is 4.90 Å². The van der Waals surface area contributed by atoms with Crippen LogP contribution in [0.5, 0.6) is 0 Å². The summed E-state index contributed by atoms with van der Waals surface area (Å²) in [7, 11) is -1.58. The van der Waals surface area contributed by atoms with E-state index in [0.29, 0.717) is 4.90 Å². The van der Waals surface area contributed by atoms with Crippen molar-refractivity contribution in [2.24, 2.45) is 10.8 Å². The fourth-order valence-corrected chi connectivity index (χ4v) is 4.35. The normalized spacial score (nSPS) is 22.0. The highest BCUT2D eigenvalue weighted by molar-refractivity contribution is 7.89. The van der Waals surface area contributed by atoms with Crippen molar-refractivity contribution in [1.29, 1.82) is 0 Å². The van der Waals surface area contributed by atoms with Gasteiger partial charge in [-0.25, -0.2) is 13.1 Å². The van der Waals surface area contributed by atoms with Crippen molar-refractivity contribution in [3.8, 4) is 0 Å². The lowest BCUT2D eigenvalue weighted by molar-refractivity contribution is 0.457. The highest BCUT2D eigenvalue weighted by atomic mass is 32.2. The van der Waals surface area contributed by atoms with Gasteiger partial charge >= 0.3 is 0 Å². The highest BCUT2D eigenvalue weighted by Crippen LogP contribution is 2.62. The molecule has 0 heterocycles. The lowest BCUT2D eigenvalue weighted by Crippen LogP contribution is -2.30. The molecule has 0 aliphatic heterocycles. The Morgan fingerprint density at radius 3 is 1.90 bits per heavy atom. The van der Waals surface area contributed by atoms with Crippen LogP contribution >= 0.6 is 0 Å². The second kappa shape index (κ2) is 5.07. The van der Waals surface area contributed by atoms with Crippen molar-refractivity contribution < 1.29 is 8.42 Å². The molecule has 1 aliphatic carbocycles. The van der Waals surface area contributed by atoms with Crippen LogP contribution in [-0.2, 0) is 10.0 Å². The van der Waals surface area contributed by atoms with E-state index in [4.69, 9.17) is 0 Å². The van der Waals surface area contributed by atoms with Gasteiger partial charge in [-0.05, 0) is 42.5 Å². The SMILES string of the molecule is CNC(C)c1ccc(S(=O)(=O)NC2C(C)(C)C2(C)C)cc1. The summed E-state index contributed by atoms with van der Waals surface area (Å²) in [6.45, 7) is 10.4. The van der Waals surface area contributed by atoms with E-state index in [2.05, 4.69) is 37.7 Å². The van der Waals surface area contributed by atoms with E-state index in [0.717, 1.165) is 5.56 Å². The van der Waals surface area contributed by atoms with E-state index in [-0.39, 0.29) is 22.9 Å². The number of hydrogen-bond acceptors (Lipinski definition) is 3. The third-order valence-corrected chi connectivity index (χ3v) is 6.86. The Labute approximate surface area is 128 Å². The fraction of sp³-hybridized carbons (Fsp3) is 0.625. The van der Waals surface area contributed by atoms with E-state index < -0.39 is 10.0 Å². The van der Waals surface area contributed by atoms with Crippen molar-refractivity contribution in [3.05, 3.63) is 29.8 Å². The monoisotopic (exact) mass is 310 g/mol. The molecule has 1 unspecified atom stereocenters. The molecule has 0 aromatic heterocycles. The maximum atomic E-state index is 12.5. The molecule has 1 aromatic carbocycles. The predicted molar refractivity (Wildman–Crippen MR) is 85.6 cm³/mol. The molecule has 1 atom stereocenters. The molecule has 1 aliphatic rings. The summed E-state index contributed by atoms with van der Waals surface area (Å²) >= 11 is 0. The third kappa shape index (κ3) is 2.74. The van der Waals surface area contributed by atoms with Crippen LogP contribution in [0.25, 0.3) is 0 Å². The van der Waals surface area contributed by atoms with Gasteiger partial charge in [-0.1, -0.05) is 39.8 Å².